The van der Waals surface area contributed by atoms with E-state index in [1.165, 1.54) is 6.08 Å². The van der Waals surface area contributed by atoms with Gasteiger partial charge in [-0.25, -0.2) is 0 Å². The Morgan fingerprint density at radius 2 is 1.76 bits per heavy atom. The van der Waals surface area contributed by atoms with Crippen molar-refractivity contribution in [1.82, 2.24) is 4.90 Å². The quantitative estimate of drug-likeness (QED) is 0.413. The number of ether oxygens (including phenoxy) is 3. The third-order valence-corrected chi connectivity index (χ3v) is 7.53. The predicted octanol–water partition coefficient (Wildman–Crippen LogP) is 3.70. The van der Waals surface area contributed by atoms with E-state index in [4.69, 9.17) is 14.2 Å². The van der Waals surface area contributed by atoms with Gasteiger partial charge >= 0.3 is 0 Å². The van der Waals surface area contributed by atoms with Gasteiger partial charge in [-0.1, -0.05) is 24.3 Å². The van der Waals surface area contributed by atoms with Gasteiger partial charge in [0.25, 0.3) is 5.91 Å². The van der Waals surface area contributed by atoms with E-state index in [2.05, 4.69) is 0 Å². The third kappa shape index (κ3) is 5.95. The molecule has 5 rings (SSSR count). The minimum absolute atomic E-state index is 0.0624. The summed E-state index contributed by atoms with van der Waals surface area (Å²) in [6, 6.07) is 19.8. The summed E-state index contributed by atoms with van der Waals surface area (Å²) >= 11 is 0. The van der Waals surface area contributed by atoms with Crippen molar-refractivity contribution >= 4 is 35.2 Å². The first-order valence-corrected chi connectivity index (χ1v) is 13.4. The Morgan fingerprint density at radius 1 is 1.00 bits per heavy atom. The minimum atomic E-state index is -0.690. The molecule has 0 aromatic heterocycles. The van der Waals surface area contributed by atoms with Crippen LogP contribution in [-0.2, 0) is 32.1 Å². The van der Waals surface area contributed by atoms with Crippen molar-refractivity contribution in [2.24, 2.45) is 0 Å². The van der Waals surface area contributed by atoms with Crippen LogP contribution in [0.3, 0.4) is 0 Å². The molecule has 9 heteroatoms. The lowest BCUT2D eigenvalue weighted by Crippen LogP contribution is -2.52. The van der Waals surface area contributed by atoms with Crippen LogP contribution in [-0.4, -0.2) is 69.7 Å². The van der Waals surface area contributed by atoms with Crippen LogP contribution in [0.25, 0.3) is 6.08 Å². The fourth-order valence-corrected chi connectivity index (χ4v) is 5.19. The second-order valence-electron chi connectivity index (χ2n) is 9.91. The number of carbonyl (C=O) groups excluding carboxylic acids is 3. The number of morpholine rings is 1. The monoisotopic (exact) mass is 555 g/mol. The van der Waals surface area contributed by atoms with Gasteiger partial charge in [0, 0.05) is 55.6 Å². The molecule has 3 aromatic rings. The van der Waals surface area contributed by atoms with E-state index in [9.17, 15) is 14.4 Å². The van der Waals surface area contributed by atoms with Gasteiger partial charge in [0.05, 0.1) is 20.8 Å². The molecule has 0 saturated carbocycles. The second kappa shape index (κ2) is 12.3. The number of likely N-dealkylation sites (N-methyl/N-ethyl adjacent to an activating group) is 1. The Hall–Kier alpha value is -4.63. The molecule has 0 spiro atoms. The number of benzene rings is 3. The van der Waals surface area contributed by atoms with Crippen LogP contribution in [0.4, 0.5) is 11.4 Å². The molecule has 0 bridgehead atoms. The summed E-state index contributed by atoms with van der Waals surface area (Å²) in [5.74, 6) is 0.663. The summed E-state index contributed by atoms with van der Waals surface area (Å²) in [6.07, 6.45) is 3.58. The predicted molar refractivity (Wildman–Crippen MR) is 156 cm³/mol. The summed E-state index contributed by atoms with van der Waals surface area (Å²) in [4.78, 5) is 44.6. The molecule has 0 N–H and O–H groups in total. The van der Waals surface area contributed by atoms with Crippen molar-refractivity contribution in [3.8, 4) is 11.5 Å². The molecule has 0 aliphatic carbocycles. The Morgan fingerprint density at radius 3 is 2.46 bits per heavy atom. The summed E-state index contributed by atoms with van der Waals surface area (Å²) in [7, 11) is 4.85. The molecule has 9 nitrogen and oxygen atoms in total. The Bertz CT molecular complexity index is 1470. The normalized spacial score (nSPS) is 16.9. The lowest BCUT2D eigenvalue weighted by atomic mass is 9.93. The molecule has 1 fully saturated rings. The molecule has 2 aliphatic heterocycles. The molecular formula is C32H33N3O6. The van der Waals surface area contributed by atoms with Crippen LogP contribution >= 0.6 is 0 Å². The molecule has 212 valence electrons. The molecule has 1 saturated heterocycles. The van der Waals surface area contributed by atoms with Crippen LogP contribution in [0.1, 0.15) is 16.7 Å². The Kier molecular flexibility index (Phi) is 8.35. The highest BCUT2D eigenvalue weighted by atomic mass is 16.5. The maximum atomic E-state index is 13.9. The zero-order valence-electron chi connectivity index (χ0n) is 23.4. The van der Waals surface area contributed by atoms with Gasteiger partial charge in [-0.3, -0.25) is 14.4 Å². The molecule has 2 heterocycles. The van der Waals surface area contributed by atoms with Gasteiger partial charge in [0.2, 0.25) is 11.8 Å². The number of methoxy groups -OCH3 is 2. The van der Waals surface area contributed by atoms with E-state index in [-0.39, 0.29) is 24.3 Å². The zero-order chi connectivity index (χ0) is 28.9. The van der Waals surface area contributed by atoms with Crippen molar-refractivity contribution in [2.75, 3.05) is 50.8 Å². The molecular weight excluding hydrogens is 522 g/mol. The van der Waals surface area contributed by atoms with Crippen molar-refractivity contribution in [3.63, 3.8) is 0 Å². The highest BCUT2D eigenvalue weighted by Gasteiger charge is 2.35. The lowest BCUT2D eigenvalue weighted by molar-refractivity contribution is -0.136. The number of anilines is 2. The van der Waals surface area contributed by atoms with Gasteiger partial charge in [-0.15, -0.1) is 0 Å². The fourth-order valence-electron chi connectivity index (χ4n) is 5.19. The smallest absolute Gasteiger partial charge is 0.253 e. The van der Waals surface area contributed by atoms with Crippen LogP contribution in [0, 0.1) is 0 Å². The zero-order valence-corrected chi connectivity index (χ0v) is 23.4. The molecule has 0 unspecified atom stereocenters. The maximum Gasteiger partial charge on any atom is 0.253 e. The van der Waals surface area contributed by atoms with Crippen LogP contribution in [0.5, 0.6) is 11.5 Å². The average molecular weight is 556 g/mol. The summed E-state index contributed by atoms with van der Waals surface area (Å²) in [5.41, 5.74) is 4.21. The van der Waals surface area contributed by atoms with Crippen molar-refractivity contribution in [1.29, 1.82) is 0 Å². The molecule has 1 atom stereocenters. The largest absolute Gasteiger partial charge is 0.497 e. The van der Waals surface area contributed by atoms with E-state index >= 15 is 0 Å². The summed E-state index contributed by atoms with van der Waals surface area (Å²) in [5, 5.41) is 0. The SMILES string of the molecule is COc1ccc(/C=C/C(=O)N2Cc3ccccc3C[C@H]2C(=O)N(C)c2ccc(N3CCOCC3=O)cc2)c(OC)c1. The number of hydrogen-bond donors (Lipinski definition) is 0. The highest BCUT2D eigenvalue weighted by molar-refractivity contribution is 6.02. The van der Waals surface area contributed by atoms with E-state index in [0.717, 1.165) is 22.4 Å². The number of rotatable bonds is 7. The van der Waals surface area contributed by atoms with E-state index < -0.39 is 6.04 Å². The third-order valence-electron chi connectivity index (χ3n) is 7.53. The molecule has 3 aromatic carbocycles. The van der Waals surface area contributed by atoms with Crippen molar-refractivity contribution in [3.05, 3.63) is 89.5 Å². The Balaban J connectivity index is 1.38. The number of amides is 3. The number of nitrogens with zero attached hydrogens (tertiary/aromatic N) is 3. The van der Waals surface area contributed by atoms with Crippen LogP contribution in [0.2, 0.25) is 0 Å². The first-order chi connectivity index (χ1) is 19.9. The van der Waals surface area contributed by atoms with Gasteiger partial charge in [0.15, 0.2) is 0 Å². The van der Waals surface area contributed by atoms with Gasteiger partial charge in [-0.2, -0.15) is 0 Å². The molecule has 3 amide bonds. The second-order valence-corrected chi connectivity index (χ2v) is 9.91. The van der Waals surface area contributed by atoms with Gasteiger partial charge in [-0.05, 0) is 53.6 Å². The number of fused-ring (bicyclic) bond motifs is 1. The maximum absolute atomic E-state index is 13.9. The average Bonchev–Trinajstić information content (AvgIpc) is 3.02. The summed E-state index contributed by atoms with van der Waals surface area (Å²) < 4.78 is 15.9. The molecule has 2 aliphatic rings. The number of hydrogen-bond acceptors (Lipinski definition) is 6. The van der Waals surface area contributed by atoms with Crippen molar-refractivity contribution in [2.45, 2.75) is 19.0 Å². The number of carbonyl (C=O) groups is 3. The van der Waals surface area contributed by atoms with E-state index in [0.29, 0.717) is 43.3 Å². The van der Waals surface area contributed by atoms with Crippen molar-refractivity contribution < 1.29 is 28.6 Å². The first-order valence-electron chi connectivity index (χ1n) is 13.4. The van der Waals surface area contributed by atoms with E-state index in [1.807, 2.05) is 54.6 Å². The van der Waals surface area contributed by atoms with Crippen LogP contribution in [0.15, 0.2) is 72.8 Å². The van der Waals surface area contributed by atoms with E-state index in [1.54, 1.807) is 54.2 Å². The fraction of sp³-hybridized carbons (Fsp3) is 0.281. The summed E-state index contributed by atoms with van der Waals surface area (Å²) in [6.45, 7) is 1.36. The van der Waals surface area contributed by atoms with Gasteiger partial charge in [0.1, 0.15) is 24.1 Å². The molecule has 41 heavy (non-hydrogen) atoms. The van der Waals surface area contributed by atoms with Crippen LogP contribution < -0.4 is 19.3 Å². The minimum Gasteiger partial charge on any atom is -0.497 e. The standard InChI is InChI=1S/C32H33N3O6/c1-33(25-10-12-26(13-11-25)34-16-17-41-21-31(34)37)32(38)28-18-23-6-4-5-7-24(23)20-35(28)30(36)15-9-22-8-14-27(39-2)19-29(22)40-3/h4-15,19,28H,16-18,20-21H2,1-3H3/b15-9+/t28-/m0/s1. The lowest BCUT2D eigenvalue weighted by Gasteiger charge is -2.37. The molecule has 0 radical (unpaired) electrons. The van der Waals surface area contributed by atoms with Gasteiger partial charge < -0.3 is 28.9 Å². The Labute approximate surface area is 239 Å². The topological polar surface area (TPSA) is 88.6 Å². The highest BCUT2D eigenvalue weighted by Crippen LogP contribution is 2.29. The first kappa shape index (κ1) is 27.9.